The van der Waals surface area contributed by atoms with E-state index in [1.807, 2.05) is 36.4 Å². The number of carbonyl (C=O) groups is 1. The number of fused-ring (bicyclic) bond motifs is 3. The fraction of sp³-hybridized carbons (Fsp3) is 0.296. The van der Waals surface area contributed by atoms with Crippen molar-refractivity contribution in [2.45, 2.75) is 13.0 Å². The molecule has 1 unspecified atom stereocenters. The van der Waals surface area contributed by atoms with Crippen LogP contribution in [-0.2, 0) is 19.6 Å². The molecule has 0 aliphatic rings. The lowest BCUT2D eigenvalue weighted by molar-refractivity contribution is -0.145. The first-order valence-corrected chi connectivity index (χ1v) is 14.0. The van der Waals surface area contributed by atoms with E-state index in [0.717, 1.165) is 28.1 Å². The summed E-state index contributed by atoms with van der Waals surface area (Å²) in [5.74, 6) is 0.858. The number of aliphatic hydroxyl groups is 1. The first-order chi connectivity index (χ1) is 18.2. The lowest BCUT2D eigenvalue weighted by Crippen LogP contribution is -2.26. The van der Waals surface area contributed by atoms with E-state index in [4.69, 9.17) is 14.2 Å². The molecule has 0 saturated carbocycles. The number of carbonyl (C=O) groups excluding carboxylic acids is 1. The van der Waals surface area contributed by atoms with Crippen molar-refractivity contribution >= 4 is 55.9 Å². The molecule has 1 heterocycles. The average molecular weight is 578 g/mol. The molecule has 3 aromatic carbocycles. The Morgan fingerprint density at radius 1 is 1.00 bits per heavy atom. The molecule has 4 N–H and O–H groups in total. The van der Waals surface area contributed by atoms with Gasteiger partial charge in [0.2, 0.25) is 10.0 Å². The number of nitrogens with one attached hydrogen (secondary N) is 3. The van der Waals surface area contributed by atoms with Crippen molar-refractivity contribution in [3.8, 4) is 11.5 Å². The Balaban J connectivity index is 0.00000420. The highest BCUT2D eigenvalue weighted by molar-refractivity contribution is 7.92. The van der Waals surface area contributed by atoms with Crippen LogP contribution in [0.4, 0.5) is 5.69 Å². The molecule has 0 bridgehead atoms. The van der Waals surface area contributed by atoms with E-state index in [1.54, 1.807) is 31.2 Å². The van der Waals surface area contributed by atoms with Gasteiger partial charge in [0.15, 0.2) is 6.61 Å². The minimum Gasteiger partial charge on any atom is -0.492 e. The van der Waals surface area contributed by atoms with Crippen molar-refractivity contribution in [1.29, 1.82) is 0 Å². The molecule has 0 aliphatic carbocycles. The summed E-state index contributed by atoms with van der Waals surface area (Å²) in [6.07, 6.45) is 0.278. The van der Waals surface area contributed by atoms with Gasteiger partial charge in [-0.2, -0.15) is 0 Å². The molecule has 10 nitrogen and oxygen atoms in total. The molecule has 0 fully saturated rings. The van der Waals surface area contributed by atoms with Gasteiger partial charge in [0, 0.05) is 41.7 Å². The first-order valence-electron chi connectivity index (χ1n) is 12.1. The predicted molar refractivity (Wildman–Crippen MR) is 153 cm³/mol. The van der Waals surface area contributed by atoms with Gasteiger partial charge >= 0.3 is 5.97 Å². The number of benzene rings is 3. The van der Waals surface area contributed by atoms with Crippen LogP contribution in [0.5, 0.6) is 11.5 Å². The Morgan fingerprint density at radius 2 is 1.67 bits per heavy atom. The topological polar surface area (TPSA) is 139 Å². The first kappa shape index (κ1) is 30.0. The van der Waals surface area contributed by atoms with Gasteiger partial charge in [-0.15, -0.1) is 12.4 Å². The van der Waals surface area contributed by atoms with E-state index < -0.39 is 22.1 Å². The van der Waals surface area contributed by atoms with Gasteiger partial charge in [0.05, 0.1) is 30.0 Å². The second kappa shape index (κ2) is 13.5. The quantitative estimate of drug-likeness (QED) is 0.139. The summed E-state index contributed by atoms with van der Waals surface area (Å²) in [6, 6.07) is 18.1. The van der Waals surface area contributed by atoms with Gasteiger partial charge in [-0.25, -0.2) is 13.2 Å². The second-order valence-corrected chi connectivity index (χ2v) is 10.5. The second-order valence-electron chi connectivity index (χ2n) is 8.70. The fourth-order valence-electron chi connectivity index (χ4n) is 4.01. The zero-order valence-electron chi connectivity index (χ0n) is 21.6. The van der Waals surface area contributed by atoms with E-state index in [1.165, 1.54) is 0 Å². The number of ether oxygens (including phenoxy) is 3. The van der Waals surface area contributed by atoms with E-state index in [-0.39, 0.29) is 25.6 Å². The third-order valence-corrected chi connectivity index (χ3v) is 6.27. The van der Waals surface area contributed by atoms with Crippen LogP contribution in [0.15, 0.2) is 60.7 Å². The number of hydrogen-bond donors (Lipinski definition) is 4. The molecule has 0 aliphatic heterocycles. The molecular formula is C27H32ClN3O7S. The molecule has 0 saturated heterocycles. The smallest absolute Gasteiger partial charge is 0.344 e. The van der Waals surface area contributed by atoms with Crippen molar-refractivity contribution in [2.24, 2.45) is 0 Å². The maximum absolute atomic E-state index is 11.5. The van der Waals surface area contributed by atoms with Crippen molar-refractivity contribution in [3.05, 3.63) is 66.2 Å². The molecule has 4 rings (SSSR count). The molecule has 4 aromatic rings. The maximum Gasteiger partial charge on any atom is 0.344 e. The molecule has 1 aromatic heterocycles. The molecule has 0 radical (unpaired) electrons. The molecular weight excluding hydrogens is 546 g/mol. The number of H-pyrrole nitrogens is 1. The third-order valence-electron chi connectivity index (χ3n) is 5.66. The summed E-state index contributed by atoms with van der Waals surface area (Å²) < 4.78 is 41.5. The maximum atomic E-state index is 11.5. The number of hydrogen-bond acceptors (Lipinski definition) is 8. The van der Waals surface area contributed by atoms with E-state index >= 15 is 0 Å². The number of aromatic nitrogens is 1. The zero-order chi connectivity index (χ0) is 27.1. The van der Waals surface area contributed by atoms with Crippen LogP contribution in [0.25, 0.3) is 21.8 Å². The minimum absolute atomic E-state index is 0. The summed E-state index contributed by atoms with van der Waals surface area (Å²) in [7, 11) is -3.39. The van der Waals surface area contributed by atoms with Crippen LogP contribution in [0, 0.1) is 0 Å². The Bertz CT molecular complexity index is 1520. The average Bonchev–Trinajstić information content (AvgIpc) is 3.23. The molecule has 0 amide bonds. The summed E-state index contributed by atoms with van der Waals surface area (Å²) in [4.78, 5) is 14.9. The SMILES string of the molecule is CCOC(=O)COc1ccc2c(c1)[nH]c1cc(OCCNCC(O)c3cccc(NS(C)(=O)=O)c3)ccc12.Cl. The lowest BCUT2D eigenvalue weighted by Gasteiger charge is -2.14. The summed E-state index contributed by atoms with van der Waals surface area (Å²) >= 11 is 0. The number of esters is 1. The van der Waals surface area contributed by atoms with Gasteiger partial charge in [-0.1, -0.05) is 12.1 Å². The fourth-order valence-corrected chi connectivity index (χ4v) is 4.57. The van der Waals surface area contributed by atoms with Crippen molar-refractivity contribution in [3.63, 3.8) is 0 Å². The highest BCUT2D eigenvalue weighted by Crippen LogP contribution is 2.30. The van der Waals surface area contributed by atoms with Crippen LogP contribution < -0.4 is 19.5 Å². The largest absolute Gasteiger partial charge is 0.492 e. The standard InChI is InChI=1S/C27H31N3O7S.ClH/c1-3-35-27(32)17-37-21-8-10-23-22-9-7-20(14-24(22)29-25(23)15-21)36-12-11-28-16-26(31)18-5-4-6-19(13-18)30-38(2,33)34;/h4-10,13-15,26,28-31H,3,11-12,16-17H2,1-2H3;1H. The number of aromatic amines is 1. The van der Waals surface area contributed by atoms with Gasteiger partial charge in [-0.05, 0) is 48.9 Å². The van der Waals surface area contributed by atoms with E-state index in [0.29, 0.717) is 42.5 Å². The normalized spacial score (nSPS) is 12.1. The monoisotopic (exact) mass is 577 g/mol. The number of sulfonamides is 1. The lowest BCUT2D eigenvalue weighted by atomic mass is 10.1. The number of aliphatic hydroxyl groups excluding tert-OH is 1. The number of anilines is 1. The van der Waals surface area contributed by atoms with Crippen LogP contribution in [0.3, 0.4) is 0 Å². The Morgan fingerprint density at radius 3 is 2.31 bits per heavy atom. The highest BCUT2D eigenvalue weighted by atomic mass is 35.5. The molecule has 39 heavy (non-hydrogen) atoms. The molecule has 210 valence electrons. The van der Waals surface area contributed by atoms with Crippen molar-refractivity contribution in [2.75, 3.05) is 43.9 Å². The van der Waals surface area contributed by atoms with Gasteiger partial charge in [0.25, 0.3) is 0 Å². The van der Waals surface area contributed by atoms with E-state index in [2.05, 4.69) is 15.0 Å². The van der Waals surface area contributed by atoms with Crippen LogP contribution in [0.2, 0.25) is 0 Å². The summed E-state index contributed by atoms with van der Waals surface area (Å²) in [6.45, 7) is 3.10. The van der Waals surface area contributed by atoms with Crippen LogP contribution in [-0.4, -0.2) is 63.6 Å². The Labute approximate surface area is 233 Å². The Hall–Kier alpha value is -3.51. The van der Waals surface area contributed by atoms with Gasteiger partial charge in [-0.3, -0.25) is 4.72 Å². The van der Waals surface area contributed by atoms with Gasteiger partial charge < -0.3 is 29.6 Å². The molecule has 1 atom stereocenters. The predicted octanol–water partition coefficient (Wildman–Crippen LogP) is 3.76. The third kappa shape index (κ3) is 8.49. The van der Waals surface area contributed by atoms with Crippen molar-refractivity contribution < 1.29 is 32.5 Å². The molecule has 12 heteroatoms. The number of rotatable bonds is 13. The van der Waals surface area contributed by atoms with E-state index in [9.17, 15) is 18.3 Å². The molecule has 0 spiro atoms. The number of halogens is 1. The van der Waals surface area contributed by atoms with Gasteiger partial charge in [0.1, 0.15) is 18.1 Å². The minimum atomic E-state index is -3.39. The summed E-state index contributed by atoms with van der Waals surface area (Å²) in [5, 5.41) is 15.7. The highest BCUT2D eigenvalue weighted by Gasteiger charge is 2.11. The zero-order valence-corrected chi connectivity index (χ0v) is 23.2. The van der Waals surface area contributed by atoms with Crippen LogP contribution in [0.1, 0.15) is 18.6 Å². The van der Waals surface area contributed by atoms with Crippen LogP contribution >= 0.6 is 12.4 Å². The Kier molecular flexibility index (Phi) is 10.4. The summed E-state index contributed by atoms with van der Waals surface area (Å²) in [5.41, 5.74) is 2.79. The van der Waals surface area contributed by atoms with Crippen molar-refractivity contribution in [1.82, 2.24) is 10.3 Å².